The molecular formula is C12H16N2O. The second-order valence-corrected chi connectivity index (χ2v) is 4.04. The van der Waals surface area contributed by atoms with Crippen LogP contribution in [0.4, 0.5) is 5.69 Å². The van der Waals surface area contributed by atoms with E-state index in [-0.39, 0.29) is 11.8 Å². The molecule has 0 fully saturated rings. The molecule has 0 saturated carbocycles. The Morgan fingerprint density at radius 3 is 2.93 bits per heavy atom. The lowest BCUT2D eigenvalue weighted by atomic mass is 9.87. The van der Waals surface area contributed by atoms with Crippen molar-refractivity contribution < 1.29 is 4.79 Å². The van der Waals surface area contributed by atoms with Crippen LogP contribution in [0.15, 0.2) is 24.3 Å². The molecule has 2 atom stereocenters. The van der Waals surface area contributed by atoms with Crippen molar-refractivity contribution in [3.63, 3.8) is 0 Å². The van der Waals surface area contributed by atoms with E-state index in [0.717, 1.165) is 17.7 Å². The van der Waals surface area contributed by atoms with Crippen LogP contribution in [0.1, 0.15) is 24.8 Å². The van der Waals surface area contributed by atoms with E-state index in [4.69, 9.17) is 0 Å². The number of anilines is 1. The predicted octanol–water partition coefficient (Wildman–Crippen LogP) is 1.72. The average molecular weight is 204 g/mol. The van der Waals surface area contributed by atoms with E-state index in [1.54, 1.807) is 7.05 Å². The Hall–Kier alpha value is -1.51. The number of hydrogen-bond acceptors (Lipinski definition) is 2. The lowest BCUT2D eigenvalue weighted by Crippen LogP contribution is -2.34. The molecule has 0 spiro atoms. The first-order chi connectivity index (χ1) is 7.22. The number of para-hydroxylation sites is 1. The molecule has 0 aromatic heterocycles. The Kier molecular flexibility index (Phi) is 2.62. The molecule has 1 heterocycles. The zero-order chi connectivity index (χ0) is 10.8. The SMILES string of the molecule is CNC(=O)C1CC(C)Nc2ccccc21. The van der Waals surface area contributed by atoms with Crippen molar-refractivity contribution in [3.05, 3.63) is 29.8 Å². The minimum Gasteiger partial charge on any atom is -0.382 e. The first-order valence-corrected chi connectivity index (χ1v) is 5.29. The van der Waals surface area contributed by atoms with Crippen molar-refractivity contribution in [2.24, 2.45) is 0 Å². The van der Waals surface area contributed by atoms with E-state index >= 15 is 0 Å². The van der Waals surface area contributed by atoms with E-state index in [9.17, 15) is 4.79 Å². The normalized spacial score (nSPS) is 23.9. The highest BCUT2D eigenvalue weighted by atomic mass is 16.1. The molecule has 0 aliphatic carbocycles. The number of nitrogens with one attached hydrogen (secondary N) is 2. The van der Waals surface area contributed by atoms with Crippen molar-refractivity contribution in [1.82, 2.24) is 5.32 Å². The lowest BCUT2D eigenvalue weighted by Gasteiger charge is -2.30. The lowest BCUT2D eigenvalue weighted by molar-refractivity contribution is -0.122. The molecule has 1 aliphatic heterocycles. The molecule has 15 heavy (non-hydrogen) atoms. The van der Waals surface area contributed by atoms with Crippen LogP contribution >= 0.6 is 0 Å². The van der Waals surface area contributed by atoms with Gasteiger partial charge < -0.3 is 10.6 Å². The fourth-order valence-corrected chi connectivity index (χ4v) is 2.16. The van der Waals surface area contributed by atoms with Crippen LogP contribution in [0.2, 0.25) is 0 Å². The smallest absolute Gasteiger partial charge is 0.227 e. The van der Waals surface area contributed by atoms with Crippen LogP contribution < -0.4 is 10.6 Å². The van der Waals surface area contributed by atoms with Gasteiger partial charge in [-0.3, -0.25) is 4.79 Å². The quantitative estimate of drug-likeness (QED) is 0.731. The fourth-order valence-electron chi connectivity index (χ4n) is 2.16. The minimum atomic E-state index is -0.0116. The van der Waals surface area contributed by atoms with Crippen LogP contribution in [-0.2, 0) is 4.79 Å². The van der Waals surface area contributed by atoms with E-state index in [0.29, 0.717) is 6.04 Å². The third-order valence-corrected chi connectivity index (χ3v) is 2.89. The number of carbonyl (C=O) groups is 1. The van der Waals surface area contributed by atoms with Crippen LogP contribution in [-0.4, -0.2) is 19.0 Å². The number of likely N-dealkylation sites (N-methyl/N-ethyl adjacent to an activating group) is 1. The number of rotatable bonds is 1. The molecule has 1 aliphatic rings. The molecule has 80 valence electrons. The van der Waals surface area contributed by atoms with Gasteiger partial charge in [0, 0.05) is 18.8 Å². The molecule has 3 heteroatoms. The summed E-state index contributed by atoms with van der Waals surface area (Å²) < 4.78 is 0. The van der Waals surface area contributed by atoms with Gasteiger partial charge in [0.05, 0.1) is 5.92 Å². The number of carbonyl (C=O) groups excluding carboxylic acids is 1. The average Bonchev–Trinajstić information content (AvgIpc) is 2.26. The van der Waals surface area contributed by atoms with Crippen molar-refractivity contribution >= 4 is 11.6 Å². The fraction of sp³-hybridized carbons (Fsp3) is 0.417. The summed E-state index contributed by atoms with van der Waals surface area (Å²) in [4.78, 5) is 11.7. The predicted molar refractivity (Wildman–Crippen MR) is 61.0 cm³/mol. The highest BCUT2D eigenvalue weighted by Gasteiger charge is 2.28. The van der Waals surface area contributed by atoms with E-state index in [1.165, 1.54) is 0 Å². The first kappa shape index (κ1) is 10.0. The zero-order valence-corrected chi connectivity index (χ0v) is 9.08. The molecule has 1 amide bonds. The Morgan fingerprint density at radius 2 is 2.20 bits per heavy atom. The maximum absolute atomic E-state index is 11.7. The van der Waals surface area contributed by atoms with Crippen LogP contribution in [0.25, 0.3) is 0 Å². The van der Waals surface area contributed by atoms with Gasteiger partial charge in [-0.15, -0.1) is 0 Å². The highest BCUT2D eigenvalue weighted by Crippen LogP contribution is 2.33. The first-order valence-electron chi connectivity index (χ1n) is 5.29. The summed E-state index contributed by atoms with van der Waals surface area (Å²) >= 11 is 0. The van der Waals surface area contributed by atoms with Crippen molar-refractivity contribution in [2.45, 2.75) is 25.3 Å². The van der Waals surface area contributed by atoms with Gasteiger partial charge >= 0.3 is 0 Å². The Bertz CT molecular complexity index is 376. The molecule has 2 unspecified atom stereocenters. The van der Waals surface area contributed by atoms with Gasteiger partial charge in [0.25, 0.3) is 0 Å². The van der Waals surface area contributed by atoms with Crippen LogP contribution in [0.5, 0.6) is 0 Å². The van der Waals surface area contributed by atoms with Gasteiger partial charge in [-0.2, -0.15) is 0 Å². The number of hydrogen-bond donors (Lipinski definition) is 2. The zero-order valence-electron chi connectivity index (χ0n) is 9.08. The minimum absolute atomic E-state index is 0.0116. The Labute approximate surface area is 89.9 Å². The largest absolute Gasteiger partial charge is 0.382 e. The summed E-state index contributed by atoms with van der Waals surface area (Å²) in [5, 5.41) is 6.12. The van der Waals surface area contributed by atoms with Crippen molar-refractivity contribution in [3.8, 4) is 0 Å². The van der Waals surface area contributed by atoms with Gasteiger partial charge in [0.2, 0.25) is 5.91 Å². The number of benzene rings is 1. The van der Waals surface area contributed by atoms with Crippen molar-refractivity contribution in [1.29, 1.82) is 0 Å². The summed E-state index contributed by atoms with van der Waals surface area (Å²) in [5.41, 5.74) is 2.19. The van der Waals surface area contributed by atoms with Gasteiger partial charge in [-0.25, -0.2) is 0 Å². The van der Waals surface area contributed by atoms with Crippen LogP contribution in [0, 0.1) is 0 Å². The summed E-state index contributed by atoms with van der Waals surface area (Å²) in [6, 6.07) is 8.37. The van der Waals surface area contributed by atoms with Gasteiger partial charge in [0.15, 0.2) is 0 Å². The third-order valence-electron chi connectivity index (χ3n) is 2.89. The van der Waals surface area contributed by atoms with Crippen molar-refractivity contribution in [2.75, 3.05) is 12.4 Å². The van der Waals surface area contributed by atoms with E-state index in [1.807, 2.05) is 24.3 Å². The Morgan fingerprint density at radius 1 is 1.47 bits per heavy atom. The molecule has 2 N–H and O–H groups in total. The summed E-state index contributed by atoms with van der Waals surface area (Å²) in [7, 11) is 1.69. The molecule has 1 aromatic carbocycles. The standard InChI is InChI=1S/C12H16N2O/c1-8-7-10(12(15)13-2)9-5-3-4-6-11(9)14-8/h3-6,8,10,14H,7H2,1-2H3,(H,13,15). The molecule has 2 rings (SSSR count). The van der Waals surface area contributed by atoms with E-state index < -0.39 is 0 Å². The molecule has 1 aromatic rings. The monoisotopic (exact) mass is 204 g/mol. The molecule has 0 bridgehead atoms. The maximum atomic E-state index is 11.7. The second-order valence-electron chi connectivity index (χ2n) is 4.04. The third kappa shape index (κ3) is 1.82. The molecule has 3 nitrogen and oxygen atoms in total. The Balaban J connectivity index is 2.38. The highest BCUT2D eigenvalue weighted by molar-refractivity contribution is 5.86. The molecule has 0 saturated heterocycles. The van der Waals surface area contributed by atoms with Gasteiger partial charge in [0.1, 0.15) is 0 Å². The summed E-state index contributed by atoms with van der Waals surface area (Å²) in [6.45, 7) is 2.10. The number of amides is 1. The second kappa shape index (κ2) is 3.93. The summed E-state index contributed by atoms with van der Waals surface area (Å²) in [6.07, 6.45) is 0.858. The summed E-state index contributed by atoms with van der Waals surface area (Å²) in [5.74, 6) is 0.0956. The van der Waals surface area contributed by atoms with Gasteiger partial charge in [-0.05, 0) is 25.0 Å². The molecule has 0 radical (unpaired) electrons. The number of fused-ring (bicyclic) bond motifs is 1. The van der Waals surface area contributed by atoms with E-state index in [2.05, 4.69) is 17.6 Å². The topological polar surface area (TPSA) is 41.1 Å². The maximum Gasteiger partial charge on any atom is 0.227 e. The molecular weight excluding hydrogens is 188 g/mol. The van der Waals surface area contributed by atoms with Gasteiger partial charge in [-0.1, -0.05) is 18.2 Å². The van der Waals surface area contributed by atoms with Crippen LogP contribution in [0.3, 0.4) is 0 Å².